The number of methoxy groups -OCH3 is 1. The molecule has 2 N–H and O–H groups in total. The maximum atomic E-state index is 12.2. The second-order valence-electron chi connectivity index (χ2n) is 5.15. The molecule has 0 aromatic carbocycles. The Kier molecular flexibility index (Phi) is 5.29. The molecule has 0 spiro atoms. The molecule has 0 saturated carbocycles. The molecule has 1 aromatic heterocycles. The Morgan fingerprint density at radius 2 is 2.17 bits per heavy atom. The number of esters is 2. The monoisotopic (exact) mass is 339 g/mol. The van der Waals surface area contributed by atoms with Crippen molar-refractivity contribution in [1.82, 2.24) is 9.55 Å². The molecule has 0 aliphatic carbocycles. The summed E-state index contributed by atoms with van der Waals surface area (Å²) in [5, 5.41) is 0. The topological polar surface area (TPSA) is 140 Å². The summed E-state index contributed by atoms with van der Waals surface area (Å²) in [4.78, 5) is 49.8. The molecular weight excluding hydrogens is 322 g/mol. The van der Waals surface area contributed by atoms with E-state index in [0.29, 0.717) is 0 Å². The summed E-state index contributed by atoms with van der Waals surface area (Å²) >= 11 is 0. The van der Waals surface area contributed by atoms with Gasteiger partial charge in [0.15, 0.2) is 5.69 Å². The number of rotatable bonds is 5. The molecule has 3 atom stereocenters. The highest BCUT2D eigenvalue weighted by atomic mass is 16.6. The molecule has 1 aliphatic heterocycles. The first-order valence-corrected chi connectivity index (χ1v) is 7.10. The Morgan fingerprint density at radius 3 is 2.75 bits per heavy atom. The summed E-state index contributed by atoms with van der Waals surface area (Å²) in [6.07, 6.45) is 0.200. The van der Waals surface area contributed by atoms with Crippen LogP contribution in [0.5, 0.6) is 0 Å². The third-order valence-corrected chi connectivity index (χ3v) is 3.50. The maximum absolute atomic E-state index is 12.2. The lowest BCUT2D eigenvalue weighted by Gasteiger charge is -2.17. The minimum absolute atomic E-state index is 0.128. The number of amides is 1. The lowest BCUT2D eigenvalue weighted by molar-refractivity contribution is -0.154. The van der Waals surface area contributed by atoms with Crippen LogP contribution in [0, 0.1) is 0 Å². The first-order chi connectivity index (χ1) is 11.3. The second kappa shape index (κ2) is 7.21. The Bertz CT molecular complexity index is 715. The van der Waals surface area contributed by atoms with E-state index in [1.807, 2.05) is 0 Å². The molecular formula is C14H17N3O7. The molecule has 1 aromatic rings. The summed E-state index contributed by atoms with van der Waals surface area (Å²) in [6, 6.07) is 0. The Morgan fingerprint density at radius 1 is 1.46 bits per heavy atom. The van der Waals surface area contributed by atoms with Crippen LogP contribution in [0.2, 0.25) is 0 Å². The van der Waals surface area contributed by atoms with Crippen molar-refractivity contribution < 1.29 is 28.6 Å². The summed E-state index contributed by atoms with van der Waals surface area (Å²) in [6.45, 7) is 1.23. The number of primary amides is 1. The fraction of sp³-hybridized carbons (Fsp3) is 0.500. The standard InChI is InChI=1S/C14H17N3O7/c1-7(18)23-8-5-10(24-9(8)6-11(19)22-2)17-4-3-16-12(13(15)20)14(17)21/h3-4,8-10H,5-6H2,1-2H3,(H2,15,20)/t8-,9+,10?/m0/s1. The minimum Gasteiger partial charge on any atom is -0.469 e. The van der Waals surface area contributed by atoms with Crippen LogP contribution >= 0.6 is 0 Å². The number of carbonyl (C=O) groups excluding carboxylic acids is 3. The average Bonchev–Trinajstić information content (AvgIpc) is 2.88. The summed E-state index contributed by atoms with van der Waals surface area (Å²) in [7, 11) is 1.22. The highest BCUT2D eigenvalue weighted by Crippen LogP contribution is 2.32. The van der Waals surface area contributed by atoms with E-state index < -0.39 is 47.5 Å². The van der Waals surface area contributed by atoms with Crippen molar-refractivity contribution in [2.75, 3.05) is 7.11 Å². The van der Waals surface area contributed by atoms with Crippen molar-refractivity contribution in [3.05, 3.63) is 28.4 Å². The highest BCUT2D eigenvalue weighted by molar-refractivity contribution is 5.90. The Balaban J connectivity index is 2.28. The van der Waals surface area contributed by atoms with Gasteiger partial charge < -0.3 is 19.9 Å². The molecule has 1 unspecified atom stereocenters. The molecule has 10 heteroatoms. The number of nitrogens with zero attached hydrogens (tertiary/aromatic N) is 2. The zero-order valence-corrected chi connectivity index (χ0v) is 13.1. The fourth-order valence-electron chi connectivity index (χ4n) is 2.46. The van der Waals surface area contributed by atoms with Gasteiger partial charge >= 0.3 is 11.9 Å². The number of aromatic nitrogens is 2. The van der Waals surface area contributed by atoms with Crippen molar-refractivity contribution in [2.24, 2.45) is 5.73 Å². The van der Waals surface area contributed by atoms with Gasteiger partial charge in [0.25, 0.3) is 11.5 Å². The van der Waals surface area contributed by atoms with Crippen molar-refractivity contribution in [1.29, 1.82) is 0 Å². The average molecular weight is 339 g/mol. The van der Waals surface area contributed by atoms with Crippen molar-refractivity contribution in [2.45, 2.75) is 38.2 Å². The molecule has 130 valence electrons. The molecule has 2 rings (SSSR count). The van der Waals surface area contributed by atoms with Crippen molar-refractivity contribution in [3.8, 4) is 0 Å². The van der Waals surface area contributed by atoms with Crippen LogP contribution in [-0.4, -0.2) is 46.7 Å². The fourth-order valence-corrected chi connectivity index (χ4v) is 2.46. The molecule has 24 heavy (non-hydrogen) atoms. The number of carbonyl (C=O) groups is 3. The van der Waals surface area contributed by atoms with E-state index in [9.17, 15) is 19.2 Å². The van der Waals surface area contributed by atoms with E-state index in [2.05, 4.69) is 9.72 Å². The van der Waals surface area contributed by atoms with Gasteiger partial charge in [0.1, 0.15) is 18.4 Å². The molecule has 1 aliphatic rings. The Hall–Kier alpha value is -2.75. The lowest BCUT2D eigenvalue weighted by atomic mass is 10.1. The summed E-state index contributed by atoms with van der Waals surface area (Å²) < 4.78 is 16.5. The number of hydrogen-bond donors (Lipinski definition) is 1. The van der Waals surface area contributed by atoms with Gasteiger partial charge in [-0.2, -0.15) is 0 Å². The largest absolute Gasteiger partial charge is 0.469 e. The number of nitrogens with two attached hydrogens (primary N) is 1. The van der Waals surface area contributed by atoms with Crippen LogP contribution in [0.1, 0.15) is 36.5 Å². The van der Waals surface area contributed by atoms with Gasteiger partial charge in [0.2, 0.25) is 0 Å². The van der Waals surface area contributed by atoms with Gasteiger partial charge in [0.05, 0.1) is 13.5 Å². The van der Waals surface area contributed by atoms with Crippen LogP contribution in [-0.2, 0) is 23.8 Å². The predicted molar refractivity (Wildman–Crippen MR) is 77.7 cm³/mol. The van der Waals surface area contributed by atoms with Crippen LogP contribution in [0.25, 0.3) is 0 Å². The van der Waals surface area contributed by atoms with Gasteiger partial charge in [-0.15, -0.1) is 0 Å². The zero-order chi connectivity index (χ0) is 17.9. The van der Waals surface area contributed by atoms with E-state index in [-0.39, 0.29) is 12.8 Å². The predicted octanol–water partition coefficient (Wildman–Crippen LogP) is -0.875. The first kappa shape index (κ1) is 17.6. The van der Waals surface area contributed by atoms with E-state index in [1.165, 1.54) is 26.4 Å². The lowest BCUT2D eigenvalue weighted by Crippen LogP contribution is -2.33. The minimum atomic E-state index is -0.963. The van der Waals surface area contributed by atoms with Gasteiger partial charge in [-0.1, -0.05) is 0 Å². The zero-order valence-electron chi connectivity index (χ0n) is 13.1. The van der Waals surface area contributed by atoms with Crippen LogP contribution < -0.4 is 11.3 Å². The second-order valence-corrected chi connectivity index (χ2v) is 5.15. The van der Waals surface area contributed by atoms with Crippen LogP contribution in [0.3, 0.4) is 0 Å². The van der Waals surface area contributed by atoms with Gasteiger partial charge in [-0.3, -0.25) is 23.7 Å². The first-order valence-electron chi connectivity index (χ1n) is 7.10. The van der Waals surface area contributed by atoms with E-state index in [1.54, 1.807) is 0 Å². The highest BCUT2D eigenvalue weighted by Gasteiger charge is 2.40. The third-order valence-electron chi connectivity index (χ3n) is 3.50. The van der Waals surface area contributed by atoms with E-state index >= 15 is 0 Å². The summed E-state index contributed by atoms with van der Waals surface area (Å²) in [5.41, 5.74) is 3.94. The molecule has 1 amide bonds. The third kappa shape index (κ3) is 3.77. The van der Waals surface area contributed by atoms with Crippen molar-refractivity contribution in [3.63, 3.8) is 0 Å². The SMILES string of the molecule is COC(=O)C[C@H]1OC(n2ccnc(C(N)=O)c2=O)C[C@@H]1OC(C)=O. The molecule has 2 heterocycles. The number of ether oxygens (including phenoxy) is 3. The molecule has 10 nitrogen and oxygen atoms in total. The molecule has 1 fully saturated rings. The maximum Gasteiger partial charge on any atom is 0.308 e. The van der Waals surface area contributed by atoms with Crippen LogP contribution in [0.4, 0.5) is 0 Å². The van der Waals surface area contributed by atoms with Gasteiger partial charge in [0, 0.05) is 25.7 Å². The molecule has 1 saturated heterocycles. The summed E-state index contributed by atoms with van der Waals surface area (Å²) in [5.74, 6) is -2.05. The van der Waals surface area contributed by atoms with E-state index in [4.69, 9.17) is 15.2 Å². The van der Waals surface area contributed by atoms with Gasteiger partial charge in [-0.25, -0.2) is 4.98 Å². The van der Waals surface area contributed by atoms with E-state index in [0.717, 1.165) is 4.57 Å². The quantitative estimate of drug-likeness (QED) is 0.682. The van der Waals surface area contributed by atoms with Crippen LogP contribution in [0.15, 0.2) is 17.2 Å². The number of hydrogen-bond acceptors (Lipinski definition) is 8. The van der Waals surface area contributed by atoms with Gasteiger partial charge in [-0.05, 0) is 0 Å². The van der Waals surface area contributed by atoms with Crippen molar-refractivity contribution >= 4 is 17.8 Å². The Labute approximate surface area is 136 Å². The molecule has 0 bridgehead atoms. The molecule has 0 radical (unpaired) electrons. The smallest absolute Gasteiger partial charge is 0.308 e. The normalized spacial score (nSPS) is 22.8.